The van der Waals surface area contributed by atoms with E-state index in [9.17, 15) is 26.7 Å². The summed E-state index contributed by atoms with van der Waals surface area (Å²) in [5.74, 6) is -0.699. The molecular weight excluding hydrogens is 249 g/mol. The van der Waals surface area contributed by atoms with Crippen LogP contribution in [0.15, 0.2) is 6.07 Å². The van der Waals surface area contributed by atoms with Gasteiger partial charge < -0.3 is 4.74 Å². The van der Waals surface area contributed by atoms with Crippen molar-refractivity contribution in [3.63, 3.8) is 0 Å². The zero-order valence-electron chi connectivity index (χ0n) is 8.39. The lowest BCUT2D eigenvalue weighted by Crippen LogP contribution is -2.13. The van der Waals surface area contributed by atoms with Crippen LogP contribution < -0.4 is 4.74 Å². The number of alkyl halides is 5. The van der Waals surface area contributed by atoms with Crippen LogP contribution in [-0.2, 0) is 6.18 Å². The van der Waals surface area contributed by atoms with Crippen LogP contribution in [0.4, 0.5) is 22.0 Å². The van der Waals surface area contributed by atoms with E-state index in [4.69, 9.17) is 0 Å². The lowest BCUT2D eigenvalue weighted by Gasteiger charge is -2.13. The van der Waals surface area contributed by atoms with Gasteiger partial charge in [-0.05, 0) is 6.07 Å². The number of hydrogen-bond donors (Lipinski definition) is 0. The summed E-state index contributed by atoms with van der Waals surface area (Å²) in [6.45, 7) is 0. The molecule has 8 heteroatoms. The van der Waals surface area contributed by atoms with Crippen LogP contribution in [0.25, 0.3) is 0 Å². The highest BCUT2D eigenvalue weighted by molar-refractivity contribution is 5.75. The summed E-state index contributed by atoms with van der Waals surface area (Å²) in [5.41, 5.74) is -3.51. The highest BCUT2D eigenvalue weighted by Gasteiger charge is 2.36. The van der Waals surface area contributed by atoms with Crippen LogP contribution in [0, 0.1) is 0 Å². The zero-order chi connectivity index (χ0) is 13.2. The Kier molecular flexibility index (Phi) is 3.64. The van der Waals surface area contributed by atoms with Gasteiger partial charge in [-0.15, -0.1) is 0 Å². The zero-order valence-corrected chi connectivity index (χ0v) is 8.39. The molecule has 0 amide bonds. The van der Waals surface area contributed by atoms with Crippen molar-refractivity contribution >= 4 is 6.29 Å². The molecule has 0 saturated carbocycles. The van der Waals surface area contributed by atoms with E-state index in [0.29, 0.717) is 0 Å². The Bertz CT molecular complexity index is 430. The molecule has 0 saturated heterocycles. The summed E-state index contributed by atoms with van der Waals surface area (Å²) in [7, 11) is 0.968. The summed E-state index contributed by atoms with van der Waals surface area (Å²) in [4.78, 5) is 13.5. The number of halogens is 5. The average Bonchev–Trinajstić information content (AvgIpc) is 2.25. The highest BCUT2D eigenvalue weighted by Crippen LogP contribution is 2.36. The first-order chi connectivity index (χ1) is 7.81. The van der Waals surface area contributed by atoms with Gasteiger partial charge in [0.2, 0.25) is 5.88 Å². The monoisotopic (exact) mass is 255 g/mol. The lowest BCUT2D eigenvalue weighted by atomic mass is 10.1. The molecule has 0 aliphatic rings. The molecule has 0 radical (unpaired) electrons. The second kappa shape index (κ2) is 4.64. The largest absolute Gasteiger partial charge is 0.481 e. The molecular formula is C9H6F5NO2. The summed E-state index contributed by atoms with van der Waals surface area (Å²) < 4.78 is 66.6. The smallest absolute Gasteiger partial charge is 0.418 e. The molecule has 0 aliphatic heterocycles. The van der Waals surface area contributed by atoms with Crippen molar-refractivity contribution in [3.8, 4) is 5.88 Å². The number of hydrogen-bond acceptors (Lipinski definition) is 3. The van der Waals surface area contributed by atoms with Crippen molar-refractivity contribution < 1.29 is 31.5 Å². The molecule has 0 spiro atoms. The number of pyridine rings is 1. The standard InChI is InChI=1S/C9H6F5NO2/c1-17-8-4(7(10)11)2-5(9(12,13)14)6(3-16)15-8/h2-3,7H,1H3. The predicted molar refractivity (Wildman–Crippen MR) is 46.1 cm³/mol. The molecule has 17 heavy (non-hydrogen) atoms. The number of aldehydes is 1. The van der Waals surface area contributed by atoms with E-state index in [-0.39, 0.29) is 12.4 Å². The number of methoxy groups -OCH3 is 1. The normalized spacial score (nSPS) is 11.7. The van der Waals surface area contributed by atoms with Gasteiger partial charge in [0, 0.05) is 0 Å². The van der Waals surface area contributed by atoms with Crippen LogP contribution in [0.1, 0.15) is 28.0 Å². The summed E-state index contributed by atoms with van der Waals surface area (Å²) in [6.07, 6.45) is -8.28. The molecule has 0 aliphatic carbocycles. The van der Waals surface area contributed by atoms with Crippen LogP contribution in [0.5, 0.6) is 5.88 Å². The van der Waals surface area contributed by atoms with Gasteiger partial charge in [-0.3, -0.25) is 4.79 Å². The topological polar surface area (TPSA) is 39.2 Å². The average molecular weight is 255 g/mol. The second-order valence-corrected chi connectivity index (χ2v) is 2.94. The quantitative estimate of drug-likeness (QED) is 0.615. The number of carbonyl (C=O) groups excluding carboxylic acids is 1. The first-order valence-electron chi connectivity index (χ1n) is 4.20. The molecule has 3 nitrogen and oxygen atoms in total. The third-order valence-corrected chi connectivity index (χ3v) is 1.89. The molecule has 1 rings (SSSR count). The molecule has 1 aromatic rings. The molecule has 0 unspecified atom stereocenters. The van der Waals surface area contributed by atoms with E-state index in [0.717, 1.165) is 7.11 Å². The second-order valence-electron chi connectivity index (χ2n) is 2.94. The Morgan fingerprint density at radius 3 is 2.35 bits per heavy atom. The van der Waals surface area contributed by atoms with Crippen molar-refractivity contribution in [2.24, 2.45) is 0 Å². The van der Waals surface area contributed by atoms with E-state index in [2.05, 4.69) is 9.72 Å². The SMILES string of the molecule is COc1nc(C=O)c(C(F)(F)F)cc1C(F)F. The fourth-order valence-electron chi connectivity index (χ4n) is 1.16. The maximum Gasteiger partial charge on any atom is 0.418 e. The number of rotatable bonds is 3. The Morgan fingerprint density at radius 2 is 2.00 bits per heavy atom. The Labute approximate surface area is 92.2 Å². The van der Waals surface area contributed by atoms with E-state index in [1.165, 1.54) is 0 Å². The predicted octanol–water partition coefficient (Wildman–Crippen LogP) is 2.86. The first-order valence-corrected chi connectivity index (χ1v) is 4.20. The maximum absolute atomic E-state index is 12.4. The van der Waals surface area contributed by atoms with Crippen LogP contribution >= 0.6 is 0 Å². The molecule has 0 N–H and O–H groups in total. The molecule has 94 valence electrons. The summed E-state index contributed by atoms with van der Waals surface area (Å²) in [5, 5.41) is 0. The first kappa shape index (κ1) is 13.3. The molecule has 0 bridgehead atoms. The van der Waals surface area contributed by atoms with Gasteiger partial charge >= 0.3 is 6.18 Å². The third kappa shape index (κ3) is 2.69. The van der Waals surface area contributed by atoms with Gasteiger partial charge in [-0.2, -0.15) is 13.2 Å². The van der Waals surface area contributed by atoms with Gasteiger partial charge in [0.15, 0.2) is 6.29 Å². The summed E-state index contributed by atoms with van der Waals surface area (Å²) in [6, 6.07) is 0.167. The fourth-order valence-corrected chi connectivity index (χ4v) is 1.16. The van der Waals surface area contributed by atoms with Crippen LogP contribution in [-0.4, -0.2) is 18.4 Å². The number of carbonyl (C=O) groups is 1. The Hall–Kier alpha value is -1.73. The van der Waals surface area contributed by atoms with E-state index in [1.54, 1.807) is 0 Å². The highest BCUT2D eigenvalue weighted by atomic mass is 19.4. The molecule has 0 fully saturated rings. The van der Waals surface area contributed by atoms with Crippen LogP contribution in [0.3, 0.4) is 0 Å². The Morgan fingerprint density at radius 1 is 1.41 bits per heavy atom. The number of aromatic nitrogens is 1. The van der Waals surface area contributed by atoms with Gasteiger partial charge in [-0.25, -0.2) is 13.8 Å². The minimum Gasteiger partial charge on any atom is -0.481 e. The van der Waals surface area contributed by atoms with Crippen molar-refractivity contribution in [1.82, 2.24) is 4.98 Å². The van der Waals surface area contributed by atoms with Crippen LogP contribution in [0.2, 0.25) is 0 Å². The maximum atomic E-state index is 12.4. The molecule has 0 aromatic carbocycles. The number of nitrogens with zero attached hydrogens (tertiary/aromatic N) is 1. The van der Waals surface area contributed by atoms with Crippen molar-refractivity contribution in [2.75, 3.05) is 7.11 Å². The van der Waals surface area contributed by atoms with Crippen molar-refractivity contribution in [3.05, 3.63) is 22.9 Å². The van der Waals surface area contributed by atoms with Gasteiger partial charge in [0.25, 0.3) is 6.43 Å². The molecule has 1 aromatic heterocycles. The van der Waals surface area contributed by atoms with Gasteiger partial charge in [-0.1, -0.05) is 0 Å². The number of ether oxygens (including phenoxy) is 1. The molecule has 0 atom stereocenters. The van der Waals surface area contributed by atoms with Crippen molar-refractivity contribution in [2.45, 2.75) is 12.6 Å². The minimum atomic E-state index is -4.93. The van der Waals surface area contributed by atoms with E-state index in [1.807, 2.05) is 0 Å². The van der Waals surface area contributed by atoms with E-state index >= 15 is 0 Å². The molecule has 1 heterocycles. The van der Waals surface area contributed by atoms with Gasteiger partial charge in [0.05, 0.1) is 18.2 Å². The summed E-state index contributed by atoms with van der Waals surface area (Å²) >= 11 is 0. The van der Waals surface area contributed by atoms with Gasteiger partial charge in [0.1, 0.15) is 5.69 Å². The third-order valence-electron chi connectivity index (χ3n) is 1.89. The fraction of sp³-hybridized carbons (Fsp3) is 0.333. The Balaban J connectivity index is 3.50. The lowest BCUT2D eigenvalue weighted by molar-refractivity contribution is -0.138. The minimum absolute atomic E-state index is 0.166. The van der Waals surface area contributed by atoms with E-state index < -0.39 is 35.3 Å². The van der Waals surface area contributed by atoms with Crippen molar-refractivity contribution in [1.29, 1.82) is 0 Å².